The van der Waals surface area contributed by atoms with Gasteiger partial charge < -0.3 is 19.5 Å². The minimum Gasteiger partial charge on any atom is -0.459 e. The van der Waals surface area contributed by atoms with E-state index in [9.17, 15) is 9.59 Å². The second kappa shape index (κ2) is 10.7. The van der Waals surface area contributed by atoms with Gasteiger partial charge in [-0.15, -0.1) is 0 Å². The Morgan fingerprint density at radius 3 is 2.38 bits per heavy atom. The molecule has 3 rings (SSSR count). The van der Waals surface area contributed by atoms with Crippen LogP contribution < -0.4 is 10.2 Å². The number of furan rings is 1. The summed E-state index contributed by atoms with van der Waals surface area (Å²) in [4.78, 5) is 29.4. The van der Waals surface area contributed by atoms with Crippen LogP contribution in [0.1, 0.15) is 35.5 Å². The van der Waals surface area contributed by atoms with Gasteiger partial charge in [0, 0.05) is 38.6 Å². The van der Waals surface area contributed by atoms with Gasteiger partial charge in [0.1, 0.15) is 0 Å². The van der Waals surface area contributed by atoms with Crippen molar-refractivity contribution in [2.75, 3.05) is 30.9 Å². The summed E-state index contributed by atoms with van der Waals surface area (Å²) in [6, 6.07) is 18.9. The molecule has 0 saturated heterocycles. The van der Waals surface area contributed by atoms with E-state index in [2.05, 4.69) is 19.2 Å². The van der Waals surface area contributed by atoms with Gasteiger partial charge in [-0.1, -0.05) is 44.2 Å². The molecule has 1 N–H and O–H groups in total. The second-order valence-electron chi connectivity index (χ2n) is 8.51. The number of carbonyl (C=O) groups excluding carboxylic acids is 2. The molecule has 0 aliphatic heterocycles. The van der Waals surface area contributed by atoms with Crippen LogP contribution in [0.5, 0.6) is 0 Å². The minimum absolute atomic E-state index is 0.0783. The summed E-state index contributed by atoms with van der Waals surface area (Å²) < 4.78 is 5.35. The van der Waals surface area contributed by atoms with Crippen LogP contribution in [0, 0.1) is 5.92 Å². The Labute approximate surface area is 189 Å². The molecule has 0 aliphatic rings. The van der Waals surface area contributed by atoms with E-state index in [1.165, 1.54) is 6.26 Å². The molecule has 0 spiro atoms. The highest BCUT2D eigenvalue weighted by molar-refractivity contribution is 5.93. The van der Waals surface area contributed by atoms with Crippen molar-refractivity contribution in [3.05, 3.63) is 83.8 Å². The maximum Gasteiger partial charge on any atom is 0.289 e. The van der Waals surface area contributed by atoms with Gasteiger partial charge in [-0.05, 0) is 47.4 Å². The Balaban J connectivity index is 1.82. The number of rotatable bonds is 9. The summed E-state index contributed by atoms with van der Waals surface area (Å²) in [5, 5.41) is 2.99. The fourth-order valence-corrected chi connectivity index (χ4v) is 3.63. The highest BCUT2D eigenvalue weighted by atomic mass is 16.3. The average molecular weight is 434 g/mol. The number of hydrogen-bond donors (Lipinski definition) is 1. The molecular weight excluding hydrogens is 402 g/mol. The summed E-state index contributed by atoms with van der Waals surface area (Å²) in [6.07, 6.45) is 1.82. The normalized spacial score (nSPS) is 10.8. The van der Waals surface area contributed by atoms with Crippen LogP contribution >= 0.6 is 0 Å². The number of hydrogen-bond acceptors (Lipinski definition) is 4. The van der Waals surface area contributed by atoms with E-state index in [4.69, 9.17) is 4.42 Å². The monoisotopic (exact) mass is 433 g/mol. The molecule has 0 radical (unpaired) electrons. The van der Waals surface area contributed by atoms with Crippen molar-refractivity contribution >= 4 is 23.2 Å². The van der Waals surface area contributed by atoms with Gasteiger partial charge in [0.25, 0.3) is 5.91 Å². The van der Waals surface area contributed by atoms with Crippen molar-refractivity contribution < 1.29 is 14.0 Å². The molecule has 6 nitrogen and oxygen atoms in total. The third kappa shape index (κ3) is 6.23. The summed E-state index contributed by atoms with van der Waals surface area (Å²) in [7, 11) is 3.93. The predicted octanol–water partition coefficient (Wildman–Crippen LogP) is 4.83. The third-order valence-electron chi connectivity index (χ3n) is 5.02. The molecule has 3 aromatic rings. The first-order chi connectivity index (χ1) is 15.3. The van der Waals surface area contributed by atoms with Crippen LogP contribution in [0.25, 0.3) is 0 Å². The molecule has 0 unspecified atom stereocenters. The molecule has 168 valence electrons. The van der Waals surface area contributed by atoms with Gasteiger partial charge in [0.2, 0.25) is 5.91 Å². The van der Waals surface area contributed by atoms with Gasteiger partial charge in [-0.3, -0.25) is 9.59 Å². The first-order valence-corrected chi connectivity index (χ1v) is 10.8. The summed E-state index contributed by atoms with van der Waals surface area (Å²) in [5.41, 5.74) is 3.61. The SMILES string of the molecule is CC(C)CN(Cc1cc(NC(=O)Cc2ccccc2)ccc1N(C)C)C(=O)c1ccco1. The van der Waals surface area contributed by atoms with Gasteiger partial charge in [-0.25, -0.2) is 0 Å². The molecule has 0 aliphatic carbocycles. The van der Waals surface area contributed by atoms with E-state index < -0.39 is 0 Å². The Kier molecular flexibility index (Phi) is 7.71. The lowest BCUT2D eigenvalue weighted by molar-refractivity contribution is -0.115. The summed E-state index contributed by atoms with van der Waals surface area (Å²) in [5.74, 6) is 0.396. The van der Waals surface area contributed by atoms with Crippen molar-refractivity contribution in [2.45, 2.75) is 26.8 Å². The van der Waals surface area contributed by atoms with Crippen LogP contribution in [0.2, 0.25) is 0 Å². The van der Waals surface area contributed by atoms with Crippen molar-refractivity contribution in [3.8, 4) is 0 Å². The molecular formula is C26H31N3O3. The van der Waals surface area contributed by atoms with Gasteiger partial charge in [0.05, 0.1) is 12.7 Å². The fraction of sp³-hybridized carbons (Fsp3) is 0.308. The van der Waals surface area contributed by atoms with Crippen LogP contribution in [-0.2, 0) is 17.8 Å². The Hall–Kier alpha value is -3.54. The highest BCUT2D eigenvalue weighted by Gasteiger charge is 2.21. The molecule has 0 bridgehead atoms. The van der Waals surface area contributed by atoms with Crippen molar-refractivity contribution in [1.29, 1.82) is 0 Å². The standard InChI is InChI=1S/C26H31N3O3/c1-19(2)17-29(26(31)24-11-8-14-32-24)18-21-16-22(12-13-23(21)28(3)4)27-25(30)15-20-9-6-5-7-10-20/h5-14,16,19H,15,17-18H2,1-4H3,(H,27,30). The number of anilines is 2. The fourth-order valence-electron chi connectivity index (χ4n) is 3.63. The molecule has 1 heterocycles. The van der Waals surface area contributed by atoms with E-state index in [1.54, 1.807) is 17.0 Å². The van der Waals surface area contributed by atoms with Crippen molar-refractivity contribution in [3.63, 3.8) is 0 Å². The van der Waals surface area contributed by atoms with E-state index in [1.807, 2.05) is 67.5 Å². The lowest BCUT2D eigenvalue weighted by Crippen LogP contribution is -2.34. The zero-order valence-corrected chi connectivity index (χ0v) is 19.2. The van der Waals surface area contributed by atoms with Crippen molar-refractivity contribution in [2.24, 2.45) is 5.92 Å². The van der Waals surface area contributed by atoms with E-state index >= 15 is 0 Å². The molecule has 1 aromatic heterocycles. The summed E-state index contributed by atoms with van der Waals surface area (Å²) >= 11 is 0. The molecule has 6 heteroatoms. The number of nitrogens with zero attached hydrogens (tertiary/aromatic N) is 2. The first kappa shape index (κ1) is 23.1. The lowest BCUT2D eigenvalue weighted by Gasteiger charge is -2.27. The second-order valence-corrected chi connectivity index (χ2v) is 8.51. The maximum atomic E-state index is 13.0. The van der Waals surface area contributed by atoms with Crippen LogP contribution in [-0.4, -0.2) is 37.4 Å². The molecule has 2 amide bonds. The molecule has 32 heavy (non-hydrogen) atoms. The zero-order chi connectivity index (χ0) is 23.1. The molecule has 0 atom stereocenters. The minimum atomic E-state index is -0.146. The van der Waals surface area contributed by atoms with Gasteiger partial charge in [0.15, 0.2) is 5.76 Å². The predicted molar refractivity (Wildman–Crippen MR) is 128 cm³/mol. The topological polar surface area (TPSA) is 65.8 Å². The first-order valence-electron chi connectivity index (χ1n) is 10.8. The van der Waals surface area contributed by atoms with Crippen LogP contribution in [0.3, 0.4) is 0 Å². The largest absolute Gasteiger partial charge is 0.459 e. The van der Waals surface area contributed by atoms with Crippen LogP contribution in [0.15, 0.2) is 71.3 Å². The highest BCUT2D eigenvalue weighted by Crippen LogP contribution is 2.26. The Morgan fingerprint density at radius 2 is 1.75 bits per heavy atom. The average Bonchev–Trinajstić information content (AvgIpc) is 3.28. The van der Waals surface area contributed by atoms with Gasteiger partial charge in [-0.2, -0.15) is 0 Å². The Morgan fingerprint density at radius 1 is 1.00 bits per heavy atom. The summed E-state index contributed by atoms with van der Waals surface area (Å²) in [6.45, 7) is 5.16. The van der Waals surface area contributed by atoms with E-state index in [0.717, 1.165) is 16.8 Å². The smallest absolute Gasteiger partial charge is 0.289 e. The molecule has 2 aromatic carbocycles. The maximum absolute atomic E-state index is 13.0. The van der Waals surface area contributed by atoms with E-state index in [-0.39, 0.29) is 11.8 Å². The number of carbonyl (C=O) groups is 2. The number of nitrogens with one attached hydrogen (secondary N) is 1. The zero-order valence-electron chi connectivity index (χ0n) is 19.2. The van der Waals surface area contributed by atoms with Gasteiger partial charge >= 0.3 is 0 Å². The number of benzene rings is 2. The molecule has 0 fully saturated rings. The Bertz CT molecular complexity index is 1030. The number of amides is 2. The quantitative estimate of drug-likeness (QED) is 0.525. The third-order valence-corrected chi connectivity index (χ3v) is 5.02. The van der Waals surface area contributed by atoms with Crippen LogP contribution in [0.4, 0.5) is 11.4 Å². The lowest BCUT2D eigenvalue weighted by atomic mass is 10.1. The van der Waals surface area contributed by atoms with Crippen molar-refractivity contribution in [1.82, 2.24) is 4.90 Å². The van der Waals surface area contributed by atoms with E-state index in [0.29, 0.717) is 36.9 Å². The molecule has 0 saturated carbocycles.